The lowest BCUT2D eigenvalue weighted by Gasteiger charge is -2.22. The summed E-state index contributed by atoms with van der Waals surface area (Å²) in [6.45, 7) is 9.71. The van der Waals surface area contributed by atoms with Gasteiger partial charge in [0.25, 0.3) is 0 Å². The number of hydrogen-bond acceptors (Lipinski definition) is 4. The Labute approximate surface area is 159 Å². The van der Waals surface area contributed by atoms with Crippen molar-refractivity contribution in [3.63, 3.8) is 0 Å². The molecule has 0 radical (unpaired) electrons. The van der Waals surface area contributed by atoms with Crippen LogP contribution in [-0.2, 0) is 4.79 Å². The highest BCUT2D eigenvalue weighted by Crippen LogP contribution is 2.27. The summed E-state index contributed by atoms with van der Waals surface area (Å²) in [5.74, 6) is 4.00. The third-order valence-electron chi connectivity index (χ3n) is 4.42. The van der Waals surface area contributed by atoms with Crippen molar-refractivity contribution in [2.45, 2.75) is 60.3 Å². The fourth-order valence-electron chi connectivity index (χ4n) is 2.94. The largest absolute Gasteiger partial charge is 0.362 e. The molecule has 0 atom stereocenters. The van der Waals surface area contributed by atoms with Crippen molar-refractivity contribution in [2.75, 3.05) is 19.0 Å². The van der Waals surface area contributed by atoms with E-state index in [9.17, 15) is 4.79 Å². The Morgan fingerprint density at radius 2 is 1.42 bits per heavy atom. The molecular weight excluding hydrogens is 322 g/mol. The standard InChI is InChI=1S/C11H13N3.C8H16.C3H6O/c1-8-12-10-7-5-4-6-9(10)11(13-8)14(2)3;1-7-3-5-8(2)6-4-7;1-3(2)4/h4-7H,1-3H3;7-8H,3-6H2,1-2H3;1-2H3. The minimum absolute atomic E-state index is 0.167. The number of aromatic nitrogens is 2. The predicted molar refractivity (Wildman–Crippen MR) is 112 cm³/mol. The molecule has 0 N–H and O–H groups in total. The molecule has 3 rings (SSSR count). The lowest BCUT2D eigenvalue weighted by atomic mass is 9.84. The van der Waals surface area contributed by atoms with Gasteiger partial charge in [-0.05, 0) is 44.7 Å². The smallest absolute Gasteiger partial charge is 0.139 e. The van der Waals surface area contributed by atoms with Gasteiger partial charge in [0, 0.05) is 19.5 Å². The van der Waals surface area contributed by atoms with Crippen LogP contribution >= 0.6 is 0 Å². The van der Waals surface area contributed by atoms with E-state index >= 15 is 0 Å². The topological polar surface area (TPSA) is 46.1 Å². The van der Waals surface area contributed by atoms with Gasteiger partial charge in [0.05, 0.1) is 5.52 Å². The highest BCUT2D eigenvalue weighted by molar-refractivity contribution is 5.89. The molecule has 1 aliphatic rings. The monoisotopic (exact) mass is 357 g/mol. The van der Waals surface area contributed by atoms with Crippen LogP contribution in [0.5, 0.6) is 0 Å². The minimum Gasteiger partial charge on any atom is -0.362 e. The molecule has 26 heavy (non-hydrogen) atoms. The number of para-hydroxylation sites is 1. The first-order valence-corrected chi connectivity index (χ1v) is 9.58. The molecule has 0 aliphatic heterocycles. The van der Waals surface area contributed by atoms with E-state index in [4.69, 9.17) is 0 Å². The summed E-state index contributed by atoms with van der Waals surface area (Å²) in [5, 5.41) is 1.10. The Bertz CT molecular complexity index is 675. The normalized spacial score (nSPS) is 18.9. The van der Waals surface area contributed by atoms with Gasteiger partial charge < -0.3 is 9.69 Å². The highest BCUT2D eigenvalue weighted by atomic mass is 16.1. The van der Waals surface area contributed by atoms with Crippen molar-refractivity contribution in [3.05, 3.63) is 30.1 Å². The van der Waals surface area contributed by atoms with Gasteiger partial charge in [-0.15, -0.1) is 0 Å². The van der Waals surface area contributed by atoms with Crippen molar-refractivity contribution in [2.24, 2.45) is 11.8 Å². The van der Waals surface area contributed by atoms with Crippen LogP contribution in [0, 0.1) is 18.8 Å². The number of benzene rings is 1. The van der Waals surface area contributed by atoms with Crippen LogP contribution in [0.3, 0.4) is 0 Å². The van der Waals surface area contributed by atoms with Gasteiger partial charge in [0.15, 0.2) is 0 Å². The summed E-state index contributed by atoms with van der Waals surface area (Å²) < 4.78 is 0. The lowest BCUT2D eigenvalue weighted by Crippen LogP contribution is -2.12. The van der Waals surface area contributed by atoms with E-state index in [1.165, 1.54) is 39.5 Å². The van der Waals surface area contributed by atoms with E-state index in [-0.39, 0.29) is 5.78 Å². The van der Waals surface area contributed by atoms with E-state index in [0.717, 1.165) is 34.4 Å². The molecule has 1 heterocycles. The summed E-state index contributed by atoms with van der Waals surface area (Å²) in [7, 11) is 3.99. The van der Waals surface area contributed by atoms with Crippen LogP contribution in [-0.4, -0.2) is 29.8 Å². The molecular formula is C22H35N3O. The molecule has 0 spiro atoms. The predicted octanol–water partition coefficient (Wildman–Crippen LogP) is 5.43. The van der Waals surface area contributed by atoms with E-state index in [2.05, 4.69) is 23.8 Å². The molecule has 4 heteroatoms. The second-order valence-corrected chi connectivity index (χ2v) is 7.78. The van der Waals surface area contributed by atoms with Crippen LogP contribution in [0.25, 0.3) is 10.9 Å². The maximum absolute atomic E-state index is 9.44. The zero-order valence-electron chi connectivity index (χ0n) is 17.5. The van der Waals surface area contributed by atoms with Crippen molar-refractivity contribution >= 4 is 22.5 Å². The summed E-state index contributed by atoms with van der Waals surface area (Å²) in [6, 6.07) is 8.06. The number of ketones is 1. The lowest BCUT2D eigenvalue weighted by molar-refractivity contribution is -0.114. The summed E-state index contributed by atoms with van der Waals surface area (Å²) in [5.41, 5.74) is 1.00. The minimum atomic E-state index is 0.167. The van der Waals surface area contributed by atoms with Gasteiger partial charge in [-0.2, -0.15) is 0 Å². The maximum atomic E-state index is 9.44. The van der Waals surface area contributed by atoms with Crippen LogP contribution in [0.15, 0.2) is 24.3 Å². The van der Waals surface area contributed by atoms with E-state index < -0.39 is 0 Å². The maximum Gasteiger partial charge on any atom is 0.139 e. The van der Waals surface area contributed by atoms with E-state index in [1.54, 1.807) is 0 Å². The number of fused-ring (bicyclic) bond motifs is 1. The van der Waals surface area contributed by atoms with Crippen molar-refractivity contribution in [3.8, 4) is 0 Å². The summed E-state index contributed by atoms with van der Waals surface area (Å²) >= 11 is 0. The Hall–Kier alpha value is -1.97. The molecule has 0 bridgehead atoms. The molecule has 1 fully saturated rings. The SMILES string of the molecule is CC(C)=O.CC1CCC(C)CC1.Cc1nc(N(C)C)c2ccccc2n1. The third-order valence-corrected chi connectivity index (χ3v) is 4.42. The molecule has 1 saturated carbocycles. The average molecular weight is 358 g/mol. The Morgan fingerprint density at radius 1 is 0.962 bits per heavy atom. The zero-order chi connectivity index (χ0) is 19.7. The molecule has 144 valence electrons. The van der Waals surface area contributed by atoms with Crippen LogP contribution in [0.4, 0.5) is 5.82 Å². The second kappa shape index (κ2) is 10.9. The quantitative estimate of drug-likeness (QED) is 0.682. The van der Waals surface area contributed by atoms with Crippen molar-refractivity contribution in [1.82, 2.24) is 9.97 Å². The second-order valence-electron chi connectivity index (χ2n) is 7.78. The van der Waals surface area contributed by atoms with Gasteiger partial charge >= 0.3 is 0 Å². The number of carbonyl (C=O) groups is 1. The van der Waals surface area contributed by atoms with E-state index in [1.807, 2.05) is 50.2 Å². The first-order chi connectivity index (χ1) is 12.2. The molecule has 1 aromatic heterocycles. The number of nitrogens with zero attached hydrogens (tertiary/aromatic N) is 3. The number of aryl methyl sites for hydroxylation is 1. The average Bonchev–Trinajstić information content (AvgIpc) is 2.56. The summed E-state index contributed by atoms with van der Waals surface area (Å²) in [4.78, 5) is 20.3. The molecule has 0 saturated heterocycles. The molecule has 1 aliphatic carbocycles. The van der Waals surface area contributed by atoms with Gasteiger partial charge in [-0.1, -0.05) is 51.7 Å². The number of Topliss-reactive ketones (excluding diaryl/α,β-unsaturated/α-hetero) is 1. The molecule has 4 nitrogen and oxygen atoms in total. The zero-order valence-corrected chi connectivity index (χ0v) is 17.5. The fraction of sp³-hybridized carbons (Fsp3) is 0.591. The van der Waals surface area contributed by atoms with Crippen LogP contribution < -0.4 is 4.90 Å². The Morgan fingerprint density at radius 3 is 1.88 bits per heavy atom. The first kappa shape index (κ1) is 22.1. The number of anilines is 1. The van der Waals surface area contributed by atoms with Gasteiger partial charge in [0.1, 0.15) is 17.4 Å². The van der Waals surface area contributed by atoms with Gasteiger partial charge in [0.2, 0.25) is 0 Å². The summed E-state index contributed by atoms with van der Waals surface area (Å²) in [6.07, 6.45) is 5.89. The Balaban J connectivity index is 0.000000238. The highest BCUT2D eigenvalue weighted by Gasteiger charge is 2.13. The van der Waals surface area contributed by atoms with E-state index in [0.29, 0.717) is 0 Å². The number of hydrogen-bond donors (Lipinski definition) is 0. The number of carbonyl (C=O) groups excluding carboxylic acids is 1. The Kier molecular flexibility index (Phi) is 9.25. The van der Waals surface area contributed by atoms with Gasteiger partial charge in [-0.3, -0.25) is 0 Å². The molecule has 0 amide bonds. The molecule has 1 aromatic carbocycles. The third kappa shape index (κ3) is 7.94. The molecule has 2 aromatic rings. The van der Waals surface area contributed by atoms with Crippen LogP contribution in [0.1, 0.15) is 59.2 Å². The van der Waals surface area contributed by atoms with Crippen LogP contribution in [0.2, 0.25) is 0 Å². The van der Waals surface area contributed by atoms with Crippen molar-refractivity contribution in [1.29, 1.82) is 0 Å². The first-order valence-electron chi connectivity index (χ1n) is 9.58. The van der Waals surface area contributed by atoms with Crippen molar-refractivity contribution < 1.29 is 4.79 Å². The fourth-order valence-corrected chi connectivity index (χ4v) is 2.94. The number of rotatable bonds is 1. The molecule has 0 unspecified atom stereocenters. The van der Waals surface area contributed by atoms with Gasteiger partial charge in [-0.25, -0.2) is 9.97 Å².